The summed E-state index contributed by atoms with van der Waals surface area (Å²) in [5.74, 6) is 0.636. The lowest BCUT2D eigenvalue weighted by atomic mass is 10.1. The van der Waals surface area contributed by atoms with E-state index in [9.17, 15) is 17.6 Å². The summed E-state index contributed by atoms with van der Waals surface area (Å²) in [5, 5.41) is 0. The number of ether oxygens (including phenoxy) is 2. The maximum Gasteiger partial charge on any atom is 0.261 e. The number of anilines is 1. The number of hydrogen-bond donors (Lipinski definition) is 1. The molecule has 3 aromatic rings. The van der Waals surface area contributed by atoms with Crippen molar-refractivity contribution in [3.05, 3.63) is 83.7 Å². The Balaban J connectivity index is 1.45. The number of sulfonamides is 1. The Labute approximate surface area is 185 Å². The van der Waals surface area contributed by atoms with Crippen LogP contribution in [0.15, 0.2) is 71.6 Å². The van der Waals surface area contributed by atoms with E-state index in [0.29, 0.717) is 35.8 Å². The molecule has 0 saturated heterocycles. The average Bonchev–Trinajstić information content (AvgIpc) is 3.25. The third-order valence-electron chi connectivity index (χ3n) is 4.99. The second kappa shape index (κ2) is 8.88. The monoisotopic (exact) mass is 456 g/mol. The van der Waals surface area contributed by atoms with E-state index in [-0.39, 0.29) is 17.6 Å². The number of nitrogens with zero attached hydrogens (tertiary/aromatic N) is 1. The Kier molecular flexibility index (Phi) is 6.00. The molecule has 1 amide bonds. The van der Waals surface area contributed by atoms with Crippen LogP contribution in [0.25, 0.3) is 0 Å². The van der Waals surface area contributed by atoms with Crippen LogP contribution in [0, 0.1) is 5.82 Å². The molecule has 1 aliphatic rings. The molecule has 0 aromatic heterocycles. The predicted octanol–water partition coefficient (Wildman–Crippen LogP) is 4.02. The van der Waals surface area contributed by atoms with Gasteiger partial charge in [-0.1, -0.05) is 6.07 Å². The van der Waals surface area contributed by atoms with Gasteiger partial charge in [-0.05, 0) is 73.2 Å². The van der Waals surface area contributed by atoms with Crippen molar-refractivity contribution < 1.29 is 27.1 Å². The Morgan fingerprint density at radius 1 is 1.00 bits per heavy atom. The SMILES string of the molecule is CCN(Cc1ccc2c(c1)OCO2)C(=O)c1ccc(NS(=O)(=O)c2ccc(F)cc2)cc1. The Morgan fingerprint density at radius 3 is 2.38 bits per heavy atom. The highest BCUT2D eigenvalue weighted by Gasteiger charge is 2.19. The van der Waals surface area contributed by atoms with Crippen LogP contribution < -0.4 is 14.2 Å². The molecule has 0 saturated carbocycles. The first-order valence-corrected chi connectivity index (χ1v) is 11.4. The number of carbonyl (C=O) groups is 1. The standard InChI is InChI=1S/C23H21FN2O5S/c1-2-26(14-16-3-12-21-22(13-16)31-15-30-21)23(27)17-4-8-19(9-5-17)25-32(28,29)20-10-6-18(24)7-11-20/h3-13,25H,2,14-15H2,1H3. The minimum Gasteiger partial charge on any atom is -0.454 e. The predicted molar refractivity (Wildman–Crippen MR) is 117 cm³/mol. The molecule has 1 N–H and O–H groups in total. The van der Waals surface area contributed by atoms with Crippen LogP contribution in [0.3, 0.4) is 0 Å². The van der Waals surface area contributed by atoms with Crippen molar-refractivity contribution in [2.75, 3.05) is 18.1 Å². The van der Waals surface area contributed by atoms with Gasteiger partial charge in [-0.3, -0.25) is 9.52 Å². The van der Waals surface area contributed by atoms with E-state index < -0.39 is 15.8 Å². The van der Waals surface area contributed by atoms with Crippen LogP contribution in [0.5, 0.6) is 11.5 Å². The molecule has 32 heavy (non-hydrogen) atoms. The molecule has 0 bridgehead atoms. The van der Waals surface area contributed by atoms with E-state index in [1.165, 1.54) is 24.3 Å². The molecule has 0 atom stereocenters. The van der Waals surface area contributed by atoms with Crippen LogP contribution in [0.1, 0.15) is 22.8 Å². The van der Waals surface area contributed by atoms with Gasteiger partial charge in [0.2, 0.25) is 6.79 Å². The van der Waals surface area contributed by atoms with Gasteiger partial charge in [0.25, 0.3) is 15.9 Å². The molecule has 7 nitrogen and oxygen atoms in total. The summed E-state index contributed by atoms with van der Waals surface area (Å²) < 4.78 is 51.1. The van der Waals surface area contributed by atoms with Crippen LogP contribution in [0.2, 0.25) is 0 Å². The Hall–Kier alpha value is -3.59. The zero-order valence-electron chi connectivity index (χ0n) is 17.2. The Morgan fingerprint density at radius 2 is 1.69 bits per heavy atom. The smallest absolute Gasteiger partial charge is 0.261 e. The molecule has 3 aromatic carbocycles. The minimum atomic E-state index is -3.86. The van der Waals surface area contributed by atoms with Crippen LogP contribution in [0.4, 0.5) is 10.1 Å². The number of amides is 1. The number of nitrogens with one attached hydrogen (secondary N) is 1. The summed E-state index contributed by atoms with van der Waals surface area (Å²) in [6.45, 7) is 2.96. The third kappa shape index (κ3) is 4.67. The van der Waals surface area contributed by atoms with Gasteiger partial charge in [0.05, 0.1) is 4.90 Å². The molecule has 166 valence electrons. The lowest BCUT2D eigenvalue weighted by molar-refractivity contribution is 0.0752. The molecule has 1 heterocycles. The maximum atomic E-state index is 13.0. The maximum absolute atomic E-state index is 13.0. The molecular weight excluding hydrogens is 435 g/mol. The van der Waals surface area contributed by atoms with Crippen molar-refractivity contribution in [3.63, 3.8) is 0 Å². The molecular formula is C23H21FN2O5S. The van der Waals surface area contributed by atoms with Gasteiger partial charge < -0.3 is 14.4 Å². The number of halogens is 1. The number of rotatable bonds is 7. The second-order valence-corrected chi connectivity index (χ2v) is 8.83. The van der Waals surface area contributed by atoms with Crippen molar-refractivity contribution in [2.45, 2.75) is 18.4 Å². The first-order chi connectivity index (χ1) is 15.4. The highest BCUT2D eigenvalue weighted by Crippen LogP contribution is 2.33. The zero-order chi connectivity index (χ0) is 22.7. The van der Waals surface area contributed by atoms with Crippen molar-refractivity contribution in [1.82, 2.24) is 4.90 Å². The van der Waals surface area contributed by atoms with Crippen LogP contribution in [-0.4, -0.2) is 32.6 Å². The summed E-state index contributed by atoms with van der Waals surface area (Å²) in [4.78, 5) is 14.6. The zero-order valence-corrected chi connectivity index (χ0v) is 18.1. The Bertz CT molecular complexity index is 1230. The highest BCUT2D eigenvalue weighted by atomic mass is 32.2. The van der Waals surface area contributed by atoms with E-state index in [4.69, 9.17) is 9.47 Å². The first kappa shape index (κ1) is 21.6. The van der Waals surface area contributed by atoms with E-state index in [1.54, 1.807) is 17.0 Å². The van der Waals surface area contributed by atoms with E-state index >= 15 is 0 Å². The number of carbonyl (C=O) groups excluding carboxylic acids is 1. The van der Waals surface area contributed by atoms with E-state index in [1.807, 2.05) is 25.1 Å². The summed E-state index contributed by atoms with van der Waals surface area (Å²) in [5.41, 5.74) is 1.63. The summed E-state index contributed by atoms with van der Waals surface area (Å²) in [6, 6.07) is 16.2. The largest absolute Gasteiger partial charge is 0.454 e. The molecule has 0 spiro atoms. The molecule has 0 fully saturated rings. The number of fused-ring (bicyclic) bond motifs is 1. The highest BCUT2D eigenvalue weighted by molar-refractivity contribution is 7.92. The summed E-state index contributed by atoms with van der Waals surface area (Å²) in [6.07, 6.45) is 0. The topological polar surface area (TPSA) is 84.9 Å². The normalized spacial score (nSPS) is 12.4. The van der Waals surface area contributed by atoms with Crippen molar-refractivity contribution in [3.8, 4) is 11.5 Å². The van der Waals surface area contributed by atoms with Crippen LogP contribution in [-0.2, 0) is 16.6 Å². The quantitative estimate of drug-likeness (QED) is 0.581. The minimum absolute atomic E-state index is 0.0556. The third-order valence-corrected chi connectivity index (χ3v) is 6.38. The fourth-order valence-electron chi connectivity index (χ4n) is 3.28. The molecule has 0 unspecified atom stereocenters. The molecule has 1 aliphatic heterocycles. The number of benzene rings is 3. The van der Waals surface area contributed by atoms with Gasteiger partial charge in [0.15, 0.2) is 11.5 Å². The van der Waals surface area contributed by atoms with E-state index in [0.717, 1.165) is 17.7 Å². The van der Waals surface area contributed by atoms with Gasteiger partial charge in [0, 0.05) is 24.3 Å². The van der Waals surface area contributed by atoms with Crippen LogP contribution >= 0.6 is 0 Å². The summed E-state index contributed by atoms with van der Waals surface area (Å²) >= 11 is 0. The molecule has 9 heteroatoms. The van der Waals surface area contributed by atoms with Gasteiger partial charge in [-0.15, -0.1) is 0 Å². The lowest BCUT2D eigenvalue weighted by Gasteiger charge is -2.21. The fourth-order valence-corrected chi connectivity index (χ4v) is 4.34. The first-order valence-electron chi connectivity index (χ1n) is 9.92. The summed E-state index contributed by atoms with van der Waals surface area (Å²) in [7, 11) is -3.86. The van der Waals surface area contributed by atoms with E-state index in [2.05, 4.69) is 4.72 Å². The fraction of sp³-hybridized carbons (Fsp3) is 0.174. The van der Waals surface area contributed by atoms with Crippen molar-refractivity contribution >= 4 is 21.6 Å². The molecule has 0 radical (unpaired) electrons. The number of hydrogen-bond acceptors (Lipinski definition) is 5. The van der Waals surface area contributed by atoms with Gasteiger partial charge in [-0.2, -0.15) is 0 Å². The van der Waals surface area contributed by atoms with Gasteiger partial charge >= 0.3 is 0 Å². The molecule has 4 rings (SSSR count). The second-order valence-electron chi connectivity index (χ2n) is 7.14. The van der Waals surface area contributed by atoms with Gasteiger partial charge in [-0.25, -0.2) is 12.8 Å². The average molecular weight is 456 g/mol. The lowest BCUT2D eigenvalue weighted by Crippen LogP contribution is -2.30. The van der Waals surface area contributed by atoms with Crippen molar-refractivity contribution in [1.29, 1.82) is 0 Å². The van der Waals surface area contributed by atoms with Gasteiger partial charge in [0.1, 0.15) is 5.82 Å². The van der Waals surface area contributed by atoms with Crippen molar-refractivity contribution in [2.24, 2.45) is 0 Å². The molecule has 0 aliphatic carbocycles.